The molecule has 0 aromatic carbocycles. The van der Waals surface area contributed by atoms with Crippen LogP contribution in [0.15, 0.2) is 36.7 Å². The molecule has 0 saturated carbocycles. The fourth-order valence-electron chi connectivity index (χ4n) is 2.67. The number of aromatic nitrogens is 2. The summed E-state index contributed by atoms with van der Waals surface area (Å²) in [4.78, 5) is 18.8. The maximum Gasteiger partial charge on any atom is 0.256 e. The van der Waals surface area contributed by atoms with Crippen LogP contribution in [0.1, 0.15) is 27.8 Å². The topological polar surface area (TPSA) is 47.4 Å². The van der Waals surface area contributed by atoms with Gasteiger partial charge in [0.15, 0.2) is 0 Å². The summed E-state index contributed by atoms with van der Waals surface area (Å²) in [6.45, 7) is 3.62. The Kier molecular flexibility index (Phi) is 3.75. The van der Waals surface area contributed by atoms with Crippen LogP contribution >= 0.6 is 0 Å². The van der Waals surface area contributed by atoms with Gasteiger partial charge in [-0.3, -0.25) is 9.78 Å². The SMILES string of the molecule is Cc1ccc(C(=O)N2CCOCC2c2cccn2C)cn1. The second kappa shape index (κ2) is 5.69. The van der Waals surface area contributed by atoms with E-state index in [2.05, 4.69) is 4.98 Å². The molecule has 0 aliphatic carbocycles. The van der Waals surface area contributed by atoms with Crippen molar-refractivity contribution in [2.24, 2.45) is 7.05 Å². The number of nitrogens with zero attached hydrogens (tertiary/aromatic N) is 3. The zero-order valence-electron chi connectivity index (χ0n) is 12.3. The number of carbonyl (C=O) groups is 1. The normalized spacial score (nSPS) is 18.8. The van der Waals surface area contributed by atoms with Gasteiger partial charge in [0.1, 0.15) is 0 Å². The van der Waals surface area contributed by atoms with E-state index in [0.29, 0.717) is 25.3 Å². The molecule has 3 rings (SSSR count). The zero-order valence-corrected chi connectivity index (χ0v) is 12.3. The second-order valence-corrected chi connectivity index (χ2v) is 5.32. The van der Waals surface area contributed by atoms with Gasteiger partial charge in [0.05, 0.1) is 24.8 Å². The van der Waals surface area contributed by atoms with Gasteiger partial charge in [-0.05, 0) is 31.2 Å². The summed E-state index contributed by atoms with van der Waals surface area (Å²) < 4.78 is 7.61. The molecule has 1 aliphatic rings. The molecule has 2 aromatic rings. The molecule has 5 nitrogen and oxygen atoms in total. The highest BCUT2D eigenvalue weighted by atomic mass is 16.5. The van der Waals surface area contributed by atoms with Gasteiger partial charge < -0.3 is 14.2 Å². The zero-order chi connectivity index (χ0) is 14.8. The third-order valence-electron chi connectivity index (χ3n) is 3.87. The molecule has 0 spiro atoms. The third-order valence-corrected chi connectivity index (χ3v) is 3.87. The summed E-state index contributed by atoms with van der Waals surface area (Å²) in [7, 11) is 1.99. The van der Waals surface area contributed by atoms with Crippen LogP contribution in [0.5, 0.6) is 0 Å². The van der Waals surface area contributed by atoms with Crippen molar-refractivity contribution < 1.29 is 9.53 Å². The Morgan fingerprint density at radius 2 is 2.24 bits per heavy atom. The van der Waals surface area contributed by atoms with E-state index >= 15 is 0 Å². The molecule has 21 heavy (non-hydrogen) atoms. The predicted octanol–water partition coefficient (Wildman–Crippen LogP) is 1.94. The number of carbonyl (C=O) groups excluding carboxylic acids is 1. The molecule has 1 atom stereocenters. The van der Waals surface area contributed by atoms with Crippen LogP contribution < -0.4 is 0 Å². The first-order chi connectivity index (χ1) is 10.2. The average Bonchev–Trinajstić information content (AvgIpc) is 2.93. The Morgan fingerprint density at radius 1 is 1.38 bits per heavy atom. The van der Waals surface area contributed by atoms with Crippen LogP contribution in [-0.4, -0.2) is 40.1 Å². The van der Waals surface area contributed by atoms with Crippen LogP contribution in [0.4, 0.5) is 0 Å². The number of aryl methyl sites for hydroxylation is 2. The van der Waals surface area contributed by atoms with E-state index in [0.717, 1.165) is 11.4 Å². The van der Waals surface area contributed by atoms with Crippen molar-refractivity contribution in [2.75, 3.05) is 19.8 Å². The van der Waals surface area contributed by atoms with Gasteiger partial charge >= 0.3 is 0 Å². The molecule has 0 bridgehead atoms. The van der Waals surface area contributed by atoms with E-state index in [-0.39, 0.29) is 11.9 Å². The molecular weight excluding hydrogens is 266 g/mol. The van der Waals surface area contributed by atoms with Crippen LogP contribution in [0.25, 0.3) is 0 Å². The van der Waals surface area contributed by atoms with Crippen molar-refractivity contribution in [1.82, 2.24) is 14.5 Å². The molecule has 110 valence electrons. The molecule has 0 N–H and O–H groups in total. The van der Waals surface area contributed by atoms with Crippen molar-refractivity contribution in [2.45, 2.75) is 13.0 Å². The van der Waals surface area contributed by atoms with Gasteiger partial charge in [0, 0.05) is 37.4 Å². The van der Waals surface area contributed by atoms with Crippen molar-refractivity contribution in [3.63, 3.8) is 0 Å². The first-order valence-electron chi connectivity index (χ1n) is 7.09. The van der Waals surface area contributed by atoms with Crippen LogP contribution in [-0.2, 0) is 11.8 Å². The van der Waals surface area contributed by atoms with E-state index in [4.69, 9.17) is 4.74 Å². The lowest BCUT2D eigenvalue weighted by Gasteiger charge is -2.36. The van der Waals surface area contributed by atoms with Crippen molar-refractivity contribution in [1.29, 1.82) is 0 Å². The van der Waals surface area contributed by atoms with Gasteiger partial charge in [-0.2, -0.15) is 0 Å². The highest BCUT2D eigenvalue weighted by Gasteiger charge is 2.30. The summed E-state index contributed by atoms with van der Waals surface area (Å²) in [6.07, 6.45) is 3.63. The first kappa shape index (κ1) is 13.8. The van der Waals surface area contributed by atoms with Gasteiger partial charge in [-0.25, -0.2) is 0 Å². The van der Waals surface area contributed by atoms with Gasteiger partial charge in [-0.1, -0.05) is 0 Å². The van der Waals surface area contributed by atoms with E-state index in [9.17, 15) is 4.79 Å². The Labute approximate surface area is 124 Å². The molecule has 5 heteroatoms. The minimum Gasteiger partial charge on any atom is -0.377 e. The molecule has 1 unspecified atom stereocenters. The highest BCUT2D eigenvalue weighted by Crippen LogP contribution is 2.25. The monoisotopic (exact) mass is 285 g/mol. The minimum atomic E-state index is -0.0486. The van der Waals surface area contributed by atoms with Gasteiger partial charge in [-0.15, -0.1) is 0 Å². The van der Waals surface area contributed by atoms with Gasteiger partial charge in [0.25, 0.3) is 5.91 Å². The molecule has 1 fully saturated rings. The lowest BCUT2D eigenvalue weighted by Crippen LogP contribution is -2.44. The maximum atomic E-state index is 12.7. The van der Waals surface area contributed by atoms with Crippen LogP contribution in [0, 0.1) is 6.92 Å². The Morgan fingerprint density at radius 3 is 2.90 bits per heavy atom. The summed E-state index contributed by atoms with van der Waals surface area (Å²) in [5, 5.41) is 0. The summed E-state index contributed by atoms with van der Waals surface area (Å²) in [5.74, 6) is 0.0111. The van der Waals surface area contributed by atoms with E-state index in [1.807, 2.05) is 53.9 Å². The molecule has 1 saturated heterocycles. The quantitative estimate of drug-likeness (QED) is 0.847. The minimum absolute atomic E-state index is 0.0111. The fraction of sp³-hybridized carbons (Fsp3) is 0.375. The number of morpholine rings is 1. The largest absolute Gasteiger partial charge is 0.377 e. The molecule has 1 amide bonds. The lowest BCUT2D eigenvalue weighted by molar-refractivity contribution is -0.00465. The Hall–Kier alpha value is -2.14. The molecule has 3 heterocycles. The standard InChI is InChI=1S/C16H19N3O2/c1-12-5-6-13(10-17-12)16(20)19-8-9-21-11-15(19)14-4-3-7-18(14)2/h3-7,10,15H,8-9,11H2,1-2H3. The summed E-state index contributed by atoms with van der Waals surface area (Å²) in [5.41, 5.74) is 2.62. The van der Waals surface area contributed by atoms with E-state index in [1.54, 1.807) is 6.20 Å². The summed E-state index contributed by atoms with van der Waals surface area (Å²) >= 11 is 0. The average molecular weight is 285 g/mol. The molecule has 0 radical (unpaired) electrons. The van der Waals surface area contributed by atoms with E-state index in [1.165, 1.54) is 0 Å². The number of rotatable bonds is 2. The number of hydrogen-bond donors (Lipinski definition) is 0. The smallest absolute Gasteiger partial charge is 0.256 e. The number of pyridine rings is 1. The number of amides is 1. The Balaban J connectivity index is 1.89. The van der Waals surface area contributed by atoms with Crippen LogP contribution in [0.3, 0.4) is 0 Å². The predicted molar refractivity (Wildman–Crippen MR) is 79.0 cm³/mol. The van der Waals surface area contributed by atoms with Crippen LogP contribution in [0.2, 0.25) is 0 Å². The first-order valence-corrected chi connectivity index (χ1v) is 7.09. The summed E-state index contributed by atoms with van der Waals surface area (Å²) in [6, 6.07) is 7.67. The second-order valence-electron chi connectivity index (χ2n) is 5.32. The lowest BCUT2D eigenvalue weighted by atomic mass is 10.1. The Bertz CT molecular complexity index is 633. The molecule has 2 aromatic heterocycles. The van der Waals surface area contributed by atoms with E-state index < -0.39 is 0 Å². The maximum absolute atomic E-state index is 12.7. The fourth-order valence-corrected chi connectivity index (χ4v) is 2.67. The van der Waals surface area contributed by atoms with Crippen molar-refractivity contribution in [3.05, 3.63) is 53.6 Å². The number of ether oxygens (including phenoxy) is 1. The third kappa shape index (κ3) is 2.69. The van der Waals surface area contributed by atoms with Crippen molar-refractivity contribution in [3.8, 4) is 0 Å². The number of hydrogen-bond acceptors (Lipinski definition) is 3. The highest BCUT2D eigenvalue weighted by molar-refractivity contribution is 5.94. The molecular formula is C16H19N3O2. The molecule has 1 aliphatic heterocycles. The van der Waals surface area contributed by atoms with Crippen molar-refractivity contribution >= 4 is 5.91 Å². The van der Waals surface area contributed by atoms with Gasteiger partial charge in [0.2, 0.25) is 0 Å².